The van der Waals surface area contributed by atoms with E-state index in [1.807, 2.05) is 12.1 Å². The summed E-state index contributed by atoms with van der Waals surface area (Å²) in [5.74, 6) is 0.209. The molecule has 152 valence electrons. The van der Waals surface area contributed by atoms with E-state index >= 15 is 0 Å². The van der Waals surface area contributed by atoms with Crippen LogP contribution in [0.4, 0.5) is 5.69 Å². The highest BCUT2D eigenvalue weighted by Crippen LogP contribution is 2.23. The first-order chi connectivity index (χ1) is 13.6. The van der Waals surface area contributed by atoms with E-state index < -0.39 is 10.0 Å². The van der Waals surface area contributed by atoms with Gasteiger partial charge in [0.05, 0.1) is 17.7 Å². The molecule has 1 heterocycles. The van der Waals surface area contributed by atoms with Crippen LogP contribution in [0.1, 0.15) is 42.5 Å². The van der Waals surface area contributed by atoms with E-state index in [4.69, 9.17) is 4.42 Å². The lowest BCUT2D eigenvalue weighted by Gasteiger charge is -2.19. The summed E-state index contributed by atoms with van der Waals surface area (Å²) in [5, 5.41) is 2.75. The number of rotatable bonds is 6. The molecule has 0 bridgehead atoms. The minimum absolute atomic E-state index is 0.000340. The number of amides is 1. The number of hydrogen-bond acceptors (Lipinski definition) is 4. The normalized spacial score (nSPS) is 12.0. The molecule has 1 amide bonds. The largest absolute Gasteiger partial charge is 0.468 e. The number of hydrogen-bond donors (Lipinski definition) is 2. The molecule has 2 aromatic carbocycles. The van der Waals surface area contributed by atoms with Crippen LogP contribution < -0.4 is 10.0 Å². The summed E-state index contributed by atoms with van der Waals surface area (Å²) in [5.41, 5.74) is 2.03. The topological polar surface area (TPSA) is 88.4 Å². The lowest BCUT2D eigenvalue weighted by Crippen LogP contribution is -2.23. The smallest absolute Gasteiger partial charge is 0.255 e. The van der Waals surface area contributed by atoms with Crippen molar-refractivity contribution in [1.82, 2.24) is 4.72 Å². The number of anilines is 1. The highest BCUT2D eigenvalue weighted by atomic mass is 32.2. The van der Waals surface area contributed by atoms with Crippen LogP contribution in [0.5, 0.6) is 0 Å². The van der Waals surface area contributed by atoms with Crippen LogP contribution in [0.3, 0.4) is 0 Å². The van der Waals surface area contributed by atoms with E-state index in [0.717, 1.165) is 5.56 Å². The van der Waals surface area contributed by atoms with Gasteiger partial charge in [0.25, 0.3) is 5.91 Å². The molecule has 0 aliphatic rings. The number of nitrogens with one attached hydrogen (secondary N) is 2. The van der Waals surface area contributed by atoms with Gasteiger partial charge in [-0.05, 0) is 53.4 Å². The van der Waals surface area contributed by atoms with Gasteiger partial charge in [0.1, 0.15) is 5.76 Å². The van der Waals surface area contributed by atoms with Gasteiger partial charge in [-0.15, -0.1) is 0 Å². The Morgan fingerprint density at radius 2 is 1.72 bits per heavy atom. The fraction of sp³-hybridized carbons (Fsp3) is 0.227. The number of carbonyl (C=O) groups excluding carboxylic acids is 1. The van der Waals surface area contributed by atoms with E-state index in [2.05, 4.69) is 30.8 Å². The van der Waals surface area contributed by atoms with Crippen LogP contribution in [0.25, 0.3) is 0 Å². The van der Waals surface area contributed by atoms with Crippen molar-refractivity contribution in [3.8, 4) is 0 Å². The molecule has 0 aliphatic heterocycles. The second-order valence-corrected chi connectivity index (χ2v) is 9.48. The van der Waals surface area contributed by atoms with Gasteiger partial charge in [-0.1, -0.05) is 39.0 Å². The van der Waals surface area contributed by atoms with Crippen molar-refractivity contribution in [2.24, 2.45) is 0 Å². The lowest BCUT2D eigenvalue weighted by atomic mass is 9.87. The maximum absolute atomic E-state index is 12.5. The highest BCUT2D eigenvalue weighted by molar-refractivity contribution is 7.89. The maximum Gasteiger partial charge on any atom is 0.255 e. The minimum Gasteiger partial charge on any atom is -0.468 e. The molecular weight excluding hydrogens is 388 g/mol. The molecule has 0 radical (unpaired) electrons. The van der Waals surface area contributed by atoms with Gasteiger partial charge >= 0.3 is 0 Å². The molecule has 3 rings (SSSR count). The summed E-state index contributed by atoms with van der Waals surface area (Å²) in [6, 6.07) is 16.9. The molecule has 0 fully saturated rings. The molecule has 7 heteroatoms. The SMILES string of the molecule is CC(C)(C)c1ccc(C(=O)Nc2cccc(S(=O)(=O)NCc3ccco3)c2)cc1. The number of furan rings is 1. The van der Waals surface area contributed by atoms with Gasteiger partial charge in [0.2, 0.25) is 10.0 Å². The standard InChI is InChI=1S/C22H24N2O4S/c1-22(2,3)17-11-9-16(10-12-17)21(25)24-18-6-4-8-20(14-18)29(26,27)23-15-19-7-5-13-28-19/h4-14,23H,15H2,1-3H3,(H,24,25). The molecule has 0 atom stereocenters. The van der Waals surface area contributed by atoms with E-state index in [-0.39, 0.29) is 22.8 Å². The van der Waals surface area contributed by atoms with Gasteiger partial charge in [-0.2, -0.15) is 0 Å². The molecule has 6 nitrogen and oxygen atoms in total. The third-order valence-electron chi connectivity index (χ3n) is 4.43. The third kappa shape index (κ3) is 5.34. The van der Waals surface area contributed by atoms with Crippen molar-refractivity contribution < 1.29 is 17.6 Å². The second kappa shape index (κ2) is 8.23. The zero-order valence-electron chi connectivity index (χ0n) is 16.6. The average molecular weight is 413 g/mol. The maximum atomic E-state index is 12.5. The molecule has 0 aliphatic carbocycles. The third-order valence-corrected chi connectivity index (χ3v) is 5.83. The summed E-state index contributed by atoms with van der Waals surface area (Å²) in [6.45, 7) is 6.36. The Morgan fingerprint density at radius 3 is 2.34 bits per heavy atom. The predicted molar refractivity (Wildman–Crippen MR) is 112 cm³/mol. The van der Waals surface area contributed by atoms with Crippen LogP contribution in [-0.2, 0) is 22.0 Å². The molecule has 2 N–H and O–H groups in total. The summed E-state index contributed by atoms with van der Waals surface area (Å²) in [6.07, 6.45) is 1.48. The van der Waals surface area contributed by atoms with Crippen LogP contribution in [0.15, 0.2) is 76.2 Å². The molecule has 0 saturated carbocycles. The molecule has 3 aromatic rings. The van der Waals surface area contributed by atoms with Gasteiger partial charge < -0.3 is 9.73 Å². The Bertz CT molecular complexity index is 1080. The van der Waals surface area contributed by atoms with Gasteiger partial charge in [0, 0.05) is 11.3 Å². The summed E-state index contributed by atoms with van der Waals surface area (Å²) >= 11 is 0. The minimum atomic E-state index is -3.74. The van der Waals surface area contributed by atoms with Crippen molar-refractivity contribution in [2.75, 3.05) is 5.32 Å². The quantitative estimate of drug-likeness (QED) is 0.631. The fourth-order valence-corrected chi connectivity index (χ4v) is 3.77. The Morgan fingerprint density at radius 1 is 1.00 bits per heavy atom. The van der Waals surface area contributed by atoms with Crippen molar-refractivity contribution in [1.29, 1.82) is 0 Å². The van der Waals surface area contributed by atoms with Crippen LogP contribution in [-0.4, -0.2) is 14.3 Å². The molecule has 0 saturated heterocycles. The van der Waals surface area contributed by atoms with Crippen LogP contribution in [0, 0.1) is 0 Å². The van der Waals surface area contributed by atoms with Gasteiger partial charge in [-0.25, -0.2) is 13.1 Å². The van der Waals surface area contributed by atoms with E-state index in [9.17, 15) is 13.2 Å². The Labute approximate surface area is 171 Å². The first-order valence-corrected chi connectivity index (χ1v) is 10.7. The van der Waals surface area contributed by atoms with Crippen molar-refractivity contribution in [3.05, 3.63) is 83.8 Å². The molecule has 0 unspecified atom stereocenters. The Hall–Kier alpha value is -2.90. The first-order valence-electron chi connectivity index (χ1n) is 9.19. The summed E-state index contributed by atoms with van der Waals surface area (Å²) in [7, 11) is -3.74. The molecule has 0 spiro atoms. The van der Waals surface area contributed by atoms with Crippen molar-refractivity contribution >= 4 is 21.6 Å². The van der Waals surface area contributed by atoms with Crippen molar-refractivity contribution in [3.63, 3.8) is 0 Å². The van der Waals surface area contributed by atoms with Gasteiger partial charge in [-0.3, -0.25) is 4.79 Å². The monoisotopic (exact) mass is 412 g/mol. The molecular formula is C22H24N2O4S. The number of benzene rings is 2. The van der Waals surface area contributed by atoms with E-state index in [1.165, 1.54) is 18.4 Å². The predicted octanol–water partition coefficient (Wildman–Crippen LogP) is 4.31. The Balaban J connectivity index is 1.71. The van der Waals surface area contributed by atoms with E-state index in [1.54, 1.807) is 36.4 Å². The number of sulfonamides is 1. The van der Waals surface area contributed by atoms with Gasteiger partial charge in [0.15, 0.2) is 0 Å². The fourth-order valence-electron chi connectivity index (χ4n) is 2.73. The zero-order chi connectivity index (χ0) is 21.1. The van der Waals surface area contributed by atoms with E-state index in [0.29, 0.717) is 17.0 Å². The zero-order valence-corrected chi connectivity index (χ0v) is 17.4. The highest BCUT2D eigenvalue weighted by Gasteiger charge is 2.17. The average Bonchev–Trinajstić information content (AvgIpc) is 3.20. The lowest BCUT2D eigenvalue weighted by molar-refractivity contribution is 0.102. The first kappa shape index (κ1) is 20.8. The Kier molecular flexibility index (Phi) is 5.91. The molecule has 29 heavy (non-hydrogen) atoms. The van der Waals surface area contributed by atoms with Crippen LogP contribution in [0.2, 0.25) is 0 Å². The summed E-state index contributed by atoms with van der Waals surface area (Å²) in [4.78, 5) is 12.6. The molecule has 1 aromatic heterocycles. The number of carbonyl (C=O) groups is 1. The van der Waals surface area contributed by atoms with Crippen molar-refractivity contribution in [2.45, 2.75) is 37.6 Å². The van der Waals surface area contributed by atoms with Crippen LogP contribution >= 0.6 is 0 Å². The second-order valence-electron chi connectivity index (χ2n) is 7.71. The summed E-state index contributed by atoms with van der Waals surface area (Å²) < 4.78 is 32.6.